The second-order valence-electron chi connectivity index (χ2n) is 7.86. The van der Waals surface area contributed by atoms with Crippen LogP contribution in [-0.2, 0) is 4.43 Å². The second kappa shape index (κ2) is 7.57. The predicted octanol–water partition coefficient (Wildman–Crippen LogP) is 6.08. The van der Waals surface area contributed by atoms with Gasteiger partial charge in [-0.3, -0.25) is 0 Å². The molecular weight excluding hydrogens is 392 g/mol. The van der Waals surface area contributed by atoms with Crippen molar-refractivity contribution in [1.29, 1.82) is 0 Å². The van der Waals surface area contributed by atoms with Crippen LogP contribution in [0.15, 0.2) is 121 Å². The monoisotopic (exact) mass is 412 g/mol. The first kappa shape index (κ1) is 18.2. The molecule has 1 aliphatic heterocycles. The van der Waals surface area contributed by atoms with E-state index in [4.69, 9.17) is 4.43 Å². The van der Waals surface area contributed by atoms with Crippen molar-refractivity contribution in [3.05, 3.63) is 143 Å². The maximum absolute atomic E-state index is 6.55. The fourth-order valence-electron chi connectivity index (χ4n) is 4.77. The minimum Gasteiger partial charge on any atom is -0.535 e. The van der Waals surface area contributed by atoms with Crippen LogP contribution in [0.1, 0.15) is 28.2 Å². The Labute approximate surface area is 185 Å². The number of benzene rings is 4. The predicted molar refractivity (Wildman–Crippen MR) is 129 cm³/mol. The highest BCUT2D eigenvalue weighted by atomic mass is 28.2. The lowest BCUT2D eigenvalue weighted by atomic mass is 9.81. The lowest BCUT2D eigenvalue weighted by Gasteiger charge is -2.25. The van der Waals surface area contributed by atoms with Crippen LogP contribution in [-0.4, -0.2) is 9.76 Å². The first-order chi connectivity index (χ1) is 15.4. The van der Waals surface area contributed by atoms with Gasteiger partial charge in [-0.15, -0.1) is 0 Å². The molecule has 0 saturated carbocycles. The largest absolute Gasteiger partial charge is 0.535 e. The van der Waals surface area contributed by atoms with Crippen LogP contribution in [0.2, 0.25) is 0 Å². The summed E-state index contributed by atoms with van der Waals surface area (Å²) in [7, 11) is 0.319. The molecule has 4 aromatic rings. The van der Waals surface area contributed by atoms with Crippen molar-refractivity contribution in [3.8, 4) is 0 Å². The lowest BCUT2D eigenvalue weighted by Crippen LogP contribution is -2.27. The smallest absolute Gasteiger partial charge is 0.351 e. The van der Waals surface area contributed by atoms with Crippen molar-refractivity contribution < 1.29 is 4.43 Å². The Hall–Kier alpha value is -3.62. The van der Waals surface area contributed by atoms with Gasteiger partial charge >= 0.3 is 9.76 Å². The molecule has 1 aliphatic carbocycles. The van der Waals surface area contributed by atoms with Gasteiger partial charge < -0.3 is 4.43 Å². The quantitative estimate of drug-likeness (QED) is 0.371. The highest BCUT2D eigenvalue weighted by Crippen LogP contribution is 2.56. The van der Waals surface area contributed by atoms with Crippen LogP contribution in [0.5, 0.6) is 0 Å². The standard InChI is InChI=1S/C29H20OSi/c1-4-12-20(13-5-1)25-26(21-14-6-2-7-15-21)28-23-18-10-11-19-24(23)31-30-29(28)27(25)22-16-8-3-9-17-22/h1-19,26H. The van der Waals surface area contributed by atoms with E-state index in [-0.39, 0.29) is 5.92 Å². The maximum atomic E-state index is 6.55. The Kier molecular flexibility index (Phi) is 4.44. The van der Waals surface area contributed by atoms with Gasteiger partial charge in [-0.25, -0.2) is 0 Å². The molecule has 4 aromatic carbocycles. The fraction of sp³-hybridized carbons (Fsp3) is 0.0345. The average Bonchev–Trinajstić information content (AvgIpc) is 3.21. The fourth-order valence-corrected chi connectivity index (χ4v) is 5.69. The molecule has 1 atom stereocenters. The molecule has 2 radical (unpaired) electrons. The second-order valence-corrected chi connectivity index (χ2v) is 8.80. The molecule has 0 amide bonds. The zero-order chi connectivity index (χ0) is 20.6. The summed E-state index contributed by atoms with van der Waals surface area (Å²) < 4.78 is 6.55. The summed E-state index contributed by atoms with van der Waals surface area (Å²) >= 11 is 0. The van der Waals surface area contributed by atoms with Gasteiger partial charge in [-0.1, -0.05) is 115 Å². The van der Waals surface area contributed by atoms with Gasteiger partial charge in [0.2, 0.25) is 0 Å². The summed E-state index contributed by atoms with van der Waals surface area (Å²) in [5.74, 6) is 1.16. The third-order valence-corrected chi connectivity index (χ3v) is 7.04. The summed E-state index contributed by atoms with van der Waals surface area (Å²) in [6, 6.07) is 41.0. The van der Waals surface area contributed by atoms with Crippen molar-refractivity contribution in [1.82, 2.24) is 0 Å². The molecule has 0 bridgehead atoms. The topological polar surface area (TPSA) is 9.23 Å². The molecule has 0 spiro atoms. The number of hydrogen-bond acceptors (Lipinski definition) is 1. The molecule has 1 unspecified atom stereocenters. The molecule has 0 N–H and O–H groups in total. The van der Waals surface area contributed by atoms with Crippen LogP contribution in [0, 0.1) is 0 Å². The molecule has 1 heterocycles. The zero-order valence-electron chi connectivity index (χ0n) is 17.0. The van der Waals surface area contributed by atoms with Gasteiger partial charge in [0, 0.05) is 17.1 Å². The molecular formula is C29H20OSi. The molecule has 0 aromatic heterocycles. The van der Waals surface area contributed by atoms with E-state index in [1.165, 1.54) is 44.2 Å². The molecule has 0 saturated heterocycles. The molecule has 2 heteroatoms. The van der Waals surface area contributed by atoms with Crippen LogP contribution in [0.3, 0.4) is 0 Å². The average molecular weight is 413 g/mol. The van der Waals surface area contributed by atoms with E-state index in [1.807, 2.05) is 0 Å². The Morgan fingerprint density at radius 2 is 1.13 bits per heavy atom. The normalized spacial score (nSPS) is 17.2. The molecule has 146 valence electrons. The van der Waals surface area contributed by atoms with Crippen LogP contribution in [0.4, 0.5) is 0 Å². The van der Waals surface area contributed by atoms with Gasteiger partial charge in [0.25, 0.3) is 0 Å². The first-order valence-electron chi connectivity index (χ1n) is 10.6. The summed E-state index contributed by atoms with van der Waals surface area (Å²) in [5.41, 5.74) is 8.89. The van der Waals surface area contributed by atoms with E-state index in [0.717, 1.165) is 5.76 Å². The van der Waals surface area contributed by atoms with E-state index >= 15 is 0 Å². The SMILES string of the molecule is c1ccc(C2=C(c3ccccc3)C(c3ccccc3)C3=C2O[Si]c2ccccc23)cc1. The van der Waals surface area contributed by atoms with Gasteiger partial charge in [-0.2, -0.15) is 0 Å². The Morgan fingerprint density at radius 3 is 1.84 bits per heavy atom. The third-order valence-electron chi connectivity index (χ3n) is 6.08. The van der Waals surface area contributed by atoms with Crippen molar-refractivity contribution in [2.45, 2.75) is 5.92 Å². The number of rotatable bonds is 3. The molecule has 31 heavy (non-hydrogen) atoms. The minimum absolute atomic E-state index is 0.125. The molecule has 0 fully saturated rings. The van der Waals surface area contributed by atoms with Gasteiger partial charge in [0.1, 0.15) is 5.76 Å². The summed E-state index contributed by atoms with van der Waals surface area (Å²) in [6.45, 7) is 0. The molecule has 1 nitrogen and oxygen atoms in total. The lowest BCUT2D eigenvalue weighted by molar-refractivity contribution is 0.488. The van der Waals surface area contributed by atoms with E-state index in [2.05, 4.69) is 115 Å². The van der Waals surface area contributed by atoms with Gasteiger partial charge in [-0.05, 0) is 33.0 Å². The van der Waals surface area contributed by atoms with Crippen LogP contribution >= 0.6 is 0 Å². The van der Waals surface area contributed by atoms with E-state index < -0.39 is 0 Å². The highest BCUT2D eigenvalue weighted by molar-refractivity contribution is 6.50. The number of fused-ring (bicyclic) bond motifs is 2. The molecule has 6 rings (SSSR count). The summed E-state index contributed by atoms with van der Waals surface area (Å²) in [4.78, 5) is 0. The zero-order valence-corrected chi connectivity index (χ0v) is 18.0. The number of hydrogen-bond donors (Lipinski definition) is 0. The summed E-state index contributed by atoms with van der Waals surface area (Å²) in [5, 5.41) is 1.28. The van der Waals surface area contributed by atoms with Gasteiger partial charge in [0.05, 0.1) is 0 Å². The first-order valence-corrected chi connectivity index (χ1v) is 11.5. The van der Waals surface area contributed by atoms with Crippen molar-refractivity contribution in [2.75, 3.05) is 0 Å². The van der Waals surface area contributed by atoms with Gasteiger partial charge in [0.15, 0.2) is 0 Å². The Bertz CT molecular complexity index is 1300. The molecule has 2 aliphatic rings. The highest BCUT2D eigenvalue weighted by Gasteiger charge is 2.40. The van der Waals surface area contributed by atoms with E-state index in [0.29, 0.717) is 9.76 Å². The van der Waals surface area contributed by atoms with E-state index in [1.54, 1.807) is 0 Å². The van der Waals surface area contributed by atoms with Crippen molar-refractivity contribution in [2.24, 2.45) is 0 Å². The summed E-state index contributed by atoms with van der Waals surface area (Å²) in [6.07, 6.45) is 0. The maximum Gasteiger partial charge on any atom is 0.351 e. The van der Waals surface area contributed by atoms with Crippen molar-refractivity contribution in [3.63, 3.8) is 0 Å². The van der Waals surface area contributed by atoms with Crippen LogP contribution in [0.25, 0.3) is 16.7 Å². The Morgan fingerprint density at radius 1 is 0.548 bits per heavy atom. The number of allylic oxidation sites excluding steroid dienone is 3. The Balaban J connectivity index is 1.70. The minimum atomic E-state index is 0.125. The van der Waals surface area contributed by atoms with Crippen molar-refractivity contribution >= 4 is 31.7 Å². The third kappa shape index (κ3) is 2.99. The van der Waals surface area contributed by atoms with E-state index in [9.17, 15) is 0 Å². The van der Waals surface area contributed by atoms with Crippen LogP contribution < -0.4 is 5.19 Å².